The zero-order valence-electron chi connectivity index (χ0n) is 15.5. The van der Waals surface area contributed by atoms with E-state index in [0.717, 1.165) is 32.1 Å². The molecule has 134 valence electrons. The Bertz CT molecular complexity index is 381. The van der Waals surface area contributed by atoms with Gasteiger partial charge in [-0.05, 0) is 58.8 Å². The molecule has 0 spiro atoms. The lowest BCUT2D eigenvalue weighted by molar-refractivity contribution is -0.163. The molecule has 2 atom stereocenters. The number of rotatable bonds is 7. The minimum atomic E-state index is -0.471. The van der Waals surface area contributed by atoms with Crippen LogP contribution in [0.5, 0.6) is 0 Å². The van der Waals surface area contributed by atoms with E-state index in [1.165, 1.54) is 6.42 Å². The highest BCUT2D eigenvalue weighted by Gasteiger charge is 2.34. The lowest BCUT2D eigenvalue weighted by atomic mass is 9.81. The highest BCUT2D eigenvalue weighted by atomic mass is 16.6. The van der Waals surface area contributed by atoms with Crippen molar-refractivity contribution in [2.45, 2.75) is 85.2 Å². The molecule has 0 radical (unpaired) electrons. The van der Waals surface area contributed by atoms with Crippen molar-refractivity contribution in [3.63, 3.8) is 0 Å². The second-order valence-corrected chi connectivity index (χ2v) is 8.15. The molecule has 0 aliphatic heterocycles. The van der Waals surface area contributed by atoms with Gasteiger partial charge in [-0.3, -0.25) is 9.59 Å². The van der Waals surface area contributed by atoms with E-state index < -0.39 is 5.60 Å². The van der Waals surface area contributed by atoms with Crippen LogP contribution < -0.4 is 0 Å². The summed E-state index contributed by atoms with van der Waals surface area (Å²) in [5, 5.41) is 0. The fourth-order valence-electron chi connectivity index (χ4n) is 2.95. The first-order valence-corrected chi connectivity index (χ1v) is 9.08. The summed E-state index contributed by atoms with van der Waals surface area (Å²) < 4.78 is 10.9. The topological polar surface area (TPSA) is 52.6 Å². The van der Waals surface area contributed by atoms with E-state index in [4.69, 9.17) is 9.47 Å². The number of hydrogen-bond acceptors (Lipinski definition) is 4. The number of unbranched alkanes of at least 4 members (excludes halogenated alkanes) is 1. The van der Waals surface area contributed by atoms with E-state index in [1.807, 2.05) is 20.8 Å². The minimum absolute atomic E-state index is 0.136. The smallest absolute Gasteiger partial charge is 0.309 e. The molecule has 0 amide bonds. The van der Waals surface area contributed by atoms with E-state index in [9.17, 15) is 9.59 Å². The van der Waals surface area contributed by atoms with Gasteiger partial charge in [-0.2, -0.15) is 0 Å². The second kappa shape index (κ2) is 9.29. The Hall–Kier alpha value is -1.06. The fraction of sp³-hybridized carbons (Fsp3) is 0.895. The van der Waals surface area contributed by atoms with Crippen molar-refractivity contribution in [1.82, 2.24) is 0 Å². The van der Waals surface area contributed by atoms with Crippen LogP contribution in [0.4, 0.5) is 0 Å². The zero-order valence-corrected chi connectivity index (χ0v) is 15.5. The maximum absolute atomic E-state index is 12.2. The maximum atomic E-state index is 12.2. The number of ether oxygens (including phenoxy) is 2. The van der Waals surface area contributed by atoms with Crippen molar-refractivity contribution in [3.05, 3.63) is 0 Å². The first-order valence-electron chi connectivity index (χ1n) is 9.08. The SMILES string of the molecule is CC(C)CCCCOC(=O)C1CCCC(C(=O)OC(C)(C)C)C1. The third-order valence-electron chi connectivity index (χ3n) is 4.17. The Morgan fingerprint density at radius 1 is 1.04 bits per heavy atom. The Morgan fingerprint density at radius 2 is 1.65 bits per heavy atom. The van der Waals surface area contributed by atoms with Gasteiger partial charge in [-0.25, -0.2) is 0 Å². The van der Waals surface area contributed by atoms with Gasteiger partial charge in [-0.1, -0.05) is 26.7 Å². The zero-order chi connectivity index (χ0) is 17.5. The molecule has 2 unspecified atom stereocenters. The van der Waals surface area contributed by atoms with Crippen LogP contribution in [0.3, 0.4) is 0 Å². The average molecular weight is 326 g/mol. The molecule has 0 aromatic heterocycles. The number of carbonyl (C=O) groups is 2. The summed E-state index contributed by atoms with van der Waals surface area (Å²) in [6, 6.07) is 0. The Balaban J connectivity index is 2.33. The lowest BCUT2D eigenvalue weighted by Gasteiger charge is -2.29. The van der Waals surface area contributed by atoms with Crippen molar-refractivity contribution in [3.8, 4) is 0 Å². The van der Waals surface area contributed by atoms with Crippen LogP contribution in [0.1, 0.15) is 79.6 Å². The van der Waals surface area contributed by atoms with Gasteiger partial charge in [0.05, 0.1) is 18.4 Å². The Kier molecular flexibility index (Phi) is 8.07. The van der Waals surface area contributed by atoms with Crippen molar-refractivity contribution in [2.75, 3.05) is 6.61 Å². The second-order valence-electron chi connectivity index (χ2n) is 8.15. The predicted molar refractivity (Wildman–Crippen MR) is 90.9 cm³/mol. The molecule has 23 heavy (non-hydrogen) atoms. The van der Waals surface area contributed by atoms with E-state index in [2.05, 4.69) is 13.8 Å². The third kappa shape index (κ3) is 8.38. The van der Waals surface area contributed by atoms with Crippen LogP contribution in [0, 0.1) is 17.8 Å². The van der Waals surface area contributed by atoms with Gasteiger partial charge in [-0.15, -0.1) is 0 Å². The van der Waals surface area contributed by atoms with E-state index in [0.29, 0.717) is 18.9 Å². The molecule has 0 aromatic carbocycles. The standard InChI is InChI=1S/C19H34O4/c1-14(2)9-6-7-12-22-17(20)15-10-8-11-16(13-15)18(21)23-19(3,4)5/h14-16H,6-13H2,1-5H3. The number of carbonyl (C=O) groups excluding carboxylic acids is 2. The molecule has 0 N–H and O–H groups in total. The van der Waals surface area contributed by atoms with Crippen molar-refractivity contribution in [2.24, 2.45) is 17.8 Å². The molecule has 0 heterocycles. The van der Waals surface area contributed by atoms with Crippen molar-refractivity contribution in [1.29, 1.82) is 0 Å². The van der Waals surface area contributed by atoms with Gasteiger partial charge < -0.3 is 9.47 Å². The molecule has 1 rings (SSSR count). The summed E-state index contributed by atoms with van der Waals surface area (Å²) in [6.07, 6.45) is 6.28. The van der Waals surface area contributed by atoms with Crippen LogP contribution in [0.2, 0.25) is 0 Å². The molecular weight excluding hydrogens is 292 g/mol. The van der Waals surface area contributed by atoms with Crippen LogP contribution in [0.15, 0.2) is 0 Å². The van der Waals surface area contributed by atoms with Crippen LogP contribution >= 0.6 is 0 Å². The van der Waals surface area contributed by atoms with Gasteiger partial charge in [0.2, 0.25) is 0 Å². The first kappa shape index (κ1) is 20.0. The van der Waals surface area contributed by atoms with Gasteiger partial charge in [0.1, 0.15) is 5.60 Å². The molecule has 4 heteroatoms. The Labute approximate surface area is 141 Å². The van der Waals surface area contributed by atoms with Crippen LogP contribution in [0.25, 0.3) is 0 Å². The summed E-state index contributed by atoms with van der Waals surface area (Å²) >= 11 is 0. The monoisotopic (exact) mass is 326 g/mol. The highest BCUT2D eigenvalue weighted by Crippen LogP contribution is 2.31. The summed E-state index contributed by atoms with van der Waals surface area (Å²) in [7, 11) is 0. The molecule has 1 aliphatic rings. The number of esters is 2. The molecule has 1 fully saturated rings. The third-order valence-corrected chi connectivity index (χ3v) is 4.17. The predicted octanol–water partition coefficient (Wildman–Crippen LogP) is 4.50. The summed E-state index contributed by atoms with van der Waals surface area (Å²) in [4.78, 5) is 24.3. The van der Waals surface area contributed by atoms with Gasteiger partial charge in [0.15, 0.2) is 0 Å². The normalized spacial score (nSPS) is 22.0. The van der Waals surface area contributed by atoms with E-state index in [-0.39, 0.29) is 23.8 Å². The summed E-state index contributed by atoms with van der Waals surface area (Å²) in [5.74, 6) is 0.0706. The summed E-state index contributed by atoms with van der Waals surface area (Å²) in [5.41, 5.74) is -0.471. The van der Waals surface area contributed by atoms with Crippen LogP contribution in [-0.2, 0) is 19.1 Å². The molecule has 1 aliphatic carbocycles. The van der Waals surface area contributed by atoms with Gasteiger partial charge in [0.25, 0.3) is 0 Å². The summed E-state index contributed by atoms with van der Waals surface area (Å²) in [6.45, 7) is 10.5. The molecule has 0 bridgehead atoms. The number of hydrogen-bond donors (Lipinski definition) is 0. The quantitative estimate of drug-likeness (QED) is 0.510. The fourth-order valence-corrected chi connectivity index (χ4v) is 2.95. The maximum Gasteiger partial charge on any atom is 0.309 e. The van der Waals surface area contributed by atoms with E-state index >= 15 is 0 Å². The van der Waals surface area contributed by atoms with E-state index in [1.54, 1.807) is 0 Å². The van der Waals surface area contributed by atoms with Gasteiger partial charge in [0, 0.05) is 0 Å². The molecule has 4 nitrogen and oxygen atoms in total. The molecular formula is C19H34O4. The Morgan fingerprint density at radius 3 is 2.22 bits per heavy atom. The highest BCUT2D eigenvalue weighted by molar-refractivity contribution is 5.76. The minimum Gasteiger partial charge on any atom is -0.465 e. The van der Waals surface area contributed by atoms with Crippen LogP contribution in [-0.4, -0.2) is 24.1 Å². The van der Waals surface area contributed by atoms with Crippen molar-refractivity contribution < 1.29 is 19.1 Å². The largest absolute Gasteiger partial charge is 0.465 e. The average Bonchev–Trinajstić information content (AvgIpc) is 2.44. The lowest BCUT2D eigenvalue weighted by Crippen LogP contribution is -2.33. The molecule has 0 aromatic rings. The first-order chi connectivity index (χ1) is 10.7. The van der Waals surface area contributed by atoms with Gasteiger partial charge >= 0.3 is 11.9 Å². The molecule has 0 saturated heterocycles. The van der Waals surface area contributed by atoms with Crippen molar-refractivity contribution >= 4 is 11.9 Å². The molecule has 1 saturated carbocycles.